The van der Waals surface area contributed by atoms with E-state index in [9.17, 15) is 69.6 Å². The van der Waals surface area contributed by atoms with Gasteiger partial charge in [0, 0.05) is 13.3 Å². The second-order valence-corrected chi connectivity index (χ2v) is 10.8. The fraction of sp³-hybridized carbons (Fsp3) is 0.760. The highest BCUT2D eigenvalue weighted by molar-refractivity contribution is 5.93. The number of ether oxygens (including phenoxy) is 3. The molecular formula is C25H41N5O17. The van der Waals surface area contributed by atoms with Crippen LogP contribution in [-0.4, -0.2) is 170 Å². The number of amides is 5. The van der Waals surface area contributed by atoms with E-state index in [1.165, 1.54) is 0 Å². The Kier molecular flexibility index (Phi) is 15.2. The molecule has 268 valence electrons. The molecule has 0 aromatic rings. The van der Waals surface area contributed by atoms with Crippen LogP contribution in [0.15, 0.2) is 0 Å². The van der Waals surface area contributed by atoms with Crippen molar-refractivity contribution in [1.82, 2.24) is 21.3 Å². The first-order valence-electron chi connectivity index (χ1n) is 14.2. The third-order valence-corrected chi connectivity index (χ3v) is 7.14. The molecule has 2 heterocycles. The molecule has 5 amide bonds. The molecule has 0 bridgehead atoms. The molecule has 2 rings (SSSR count). The fourth-order valence-electron chi connectivity index (χ4n) is 4.59. The molecule has 2 saturated heterocycles. The van der Waals surface area contributed by atoms with Crippen molar-refractivity contribution in [3.8, 4) is 0 Å². The molecule has 2 aliphatic heterocycles. The molecule has 22 heteroatoms. The van der Waals surface area contributed by atoms with Crippen LogP contribution in [0.25, 0.3) is 0 Å². The summed E-state index contributed by atoms with van der Waals surface area (Å²) in [4.78, 5) is 71.8. The van der Waals surface area contributed by atoms with Crippen molar-refractivity contribution in [3.63, 3.8) is 0 Å². The second kappa shape index (κ2) is 18.1. The van der Waals surface area contributed by atoms with Crippen molar-refractivity contribution in [3.05, 3.63) is 0 Å². The molecule has 0 aromatic carbocycles. The molecule has 12 atom stereocenters. The number of carbonyl (C=O) groups excluding carboxylic acids is 5. The van der Waals surface area contributed by atoms with Gasteiger partial charge in [0.15, 0.2) is 12.5 Å². The Balaban J connectivity index is 2.07. The number of primary amides is 1. The summed E-state index contributed by atoms with van der Waals surface area (Å²) in [5, 5.41) is 88.8. The molecule has 2 aliphatic rings. The van der Waals surface area contributed by atoms with E-state index >= 15 is 0 Å². The lowest BCUT2D eigenvalue weighted by atomic mass is 9.96. The highest BCUT2D eigenvalue weighted by Crippen LogP contribution is 2.28. The summed E-state index contributed by atoms with van der Waals surface area (Å²) in [5.74, 6) is -6.25. The van der Waals surface area contributed by atoms with Crippen molar-refractivity contribution < 1.29 is 83.8 Å². The number of aliphatic hydroxyl groups is 7. The Labute approximate surface area is 266 Å². The van der Waals surface area contributed by atoms with E-state index in [0.29, 0.717) is 0 Å². The Morgan fingerprint density at radius 2 is 1.45 bits per heavy atom. The molecule has 0 unspecified atom stereocenters. The zero-order valence-electron chi connectivity index (χ0n) is 25.0. The largest absolute Gasteiger partial charge is 0.480 e. The maximum Gasteiger partial charge on any atom is 0.326 e. The van der Waals surface area contributed by atoms with Crippen LogP contribution in [0, 0.1) is 0 Å². The van der Waals surface area contributed by atoms with Crippen molar-refractivity contribution in [2.45, 2.75) is 99.6 Å². The SMILES string of the molecule is CC(=O)NCC(=O)N[C@@H](CCC(N)=O)C(=O)N[C@@H](CC(=O)N[C@@H]1O[C@H](CO)[C@@H](O[C@@H]2O[C@H](CO)[C@H](O)[C@H](O)[C@H]2O)[C@H](O)[C@H]1O)C(=O)O. The normalized spacial score (nSPS) is 31.9. The van der Waals surface area contributed by atoms with Crippen molar-refractivity contribution in [2.75, 3.05) is 19.8 Å². The quantitative estimate of drug-likeness (QED) is 0.0718. The minimum atomic E-state index is -2.01. The Hall–Kier alpha value is -3.58. The van der Waals surface area contributed by atoms with Crippen LogP contribution in [-0.2, 0) is 43.0 Å². The van der Waals surface area contributed by atoms with Crippen molar-refractivity contribution >= 4 is 35.5 Å². The number of aliphatic hydroxyl groups excluding tert-OH is 7. The van der Waals surface area contributed by atoms with Crippen LogP contribution in [0.4, 0.5) is 0 Å². The van der Waals surface area contributed by atoms with E-state index in [2.05, 4.69) is 16.0 Å². The first-order chi connectivity index (χ1) is 22.0. The third kappa shape index (κ3) is 11.3. The van der Waals surface area contributed by atoms with Crippen LogP contribution in [0.5, 0.6) is 0 Å². The smallest absolute Gasteiger partial charge is 0.326 e. The lowest BCUT2D eigenvalue weighted by Gasteiger charge is -2.46. The van der Waals surface area contributed by atoms with E-state index in [1.807, 2.05) is 5.32 Å². The van der Waals surface area contributed by atoms with E-state index in [1.54, 1.807) is 0 Å². The molecule has 0 saturated carbocycles. The number of carboxylic acid groups (broad SMARTS) is 1. The molecule has 0 aliphatic carbocycles. The lowest BCUT2D eigenvalue weighted by Crippen LogP contribution is -2.66. The number of carbonyl (C=O) groups is 6. The van der Waals surface area contributed by atoms with Gasteiger partial charge in [-0.2, -0.15) is 0 Å². The van der Waals surface area contributed by atoms with Gasteiger partial charge in [0.2, 0.25) is 29.5 Å². The topological polar surface area (TPSA) is 366 Å². The summed E-state index contributed by atoms with van der Waals surface area (Å²) in [6, 6.07) is -3.44. The number of aliphatic carboxylic acids is 1. The number of nitrogens with one attached hydrogen (secondary N) is 4. The van der Waals surface area contributed by atoms with Gasteiger partial charge in [-0.3, -0.25) is 24.0 Å². The predicted molar refractivity (Wildman–Crippen MR) is 148 cm³/mol. The number of carboxylic acids is 1. The average Bonchev–Trinajstić information content (AvgIpc) is 3.00. The first-order valence-corrected chi connectivity index (χ1v) is 14.2. The molecule has 2 fully saturated rings. The molecule has 0 radical (unpaired) electrons. The average molecular weight is 684 g/mol. The minimum Gasteiger partial charge on any atom is -0.480 e. The summed E-state index contributed by atoms with van der Waals surface area (Å²) in [6.45, 7) is -1.12. The van der Waals surface area contributed by atoms with Crippen LogP contribution in [0.2, 0.25) is 0 Å². The predicted octanol–water partition coefficient (Wildman–Crippen LogP) is -8.43. The summed E-state index contributed by atoms with van der Waals surface area (Å²) in [6.07, 6.45) is -19.4. The van der Waals surface area contributed by atoms with Gasteiger partial charge in [0.1, 0.15) is 60.9 Å². The summed E-state index contributed by atoms with van der Waals surface area (Å²) < 4.78 is 16.0. The summed E-state index contributed by atoms with van der Waals surface area (Å²) >= 11 is 0. The minimum absolute atomic E-state index is 0.361. The molecular weight excluding hydrogens is 642 g/mol. The number of hydrogen-bond donors (Lipinski definition) is 13. The van der Waals surface area contributed by atoms with Gasteiger partial charge >= 0.3 is 5.97 Å². The van der Waals surface area contributed by atoms with E-state index in [0.717, 1.165) is 6.92 Å². The number of hydrogen-bond acceptors (Lipinski definition) is 16. The highest BCUT2D eigenvalue weighted by atomic mass is 16.7. The summed E-state index contributed by atoms with van der Waals surface area (Å²) in [7, 11) is 0. The fourth-order valence-corrected chi connectivity index (χ4v) is 4.59. The number of rotatable bonds is 16. The second-order valence-electron chi connectivity index (χ2n) is 10.8. The van der Waals surface area contributed by atoms with Gasteiger partial charge in [-0.05, 0) is 6.42 Å². The lowest BCUT2D eigenvalue weighted by molar-refractivity contribution is -0.343. The molecule has 47 heavy (non-hydrogen) atoms. The Bertz CT molecular complexity index is 1130. The first kappa shape index (κ1) is 39.6. The van der Waals surface area contributed by atoms with Gasteiger partial charge in [-0.1, -0.05) is 0 Å². The molecule has 22 nitrogen and oxygen atoms in total. The van der Waals surface area contributed by atoms with E-state index in [4.69, 9.17) is 19.9 Å². The third-order valence-electron chi connectivity index (χ3n) is 7.14. The van der Waals surface area contributed by atoms with Gasteiger partial charge in [-0.15, -0.1) is 0 Å². The molecule has 0 spiro atoms. The van der Waals surface area contributed by atoms with Crippen molar-refractivity contribution in [2.24, 2.45) is 5.73 Å². The monoisotopic (exact) mass is 683 g/mol. The van der Waals surface area contributed by atoms with E-state index in [-0.39, 0.29) is 6.42 Å². The van der Waals surface area contributed by atoms with Crippen LogP contribution in [0.3, 0.4) is 0 Å². The molecule has 14 N–H and O–H groups in total. The van der Waals surface area contributed by atoms with Crippen molar-refractivity contribution in [1.29, 1.82) is 0 Å². The van der Waals surface area contributed by atoms with Gasteiger partial charge in [0.25, 0.3) is 0 Å². The summed E-state index contributed by atoms with van der Waals surface area (Å²) in [5.41, 5.74) is 5.09. The molecule has 0 aromatic heterocycles. The van der Waals surface area contributed by atoms with E-state index < -0.39 is 142 Å². The highest BCUT2D eigenvalue weighted by Gasteiger charge is 2.50. The number of nitrogens with two attached hydrogens (primary N) is 1. The van der Waals surface area contributed by atoms with Crippen LogP contribution >= 0.6 is 0 Å². The van der Waals surface area contributed by atoms with Gasteiger partial charge in [0.05, 0.1) is 26.2 Å². The van der Waals surface area contributed by atoms with Crippen LogP contribution in [0.1, 0.15) is 26.2 Å². The van der Waals surface area contributed by atoms with Crippen LogP contribution < -0.4 is 27.0 Å². The zero-order valence-corrected chi connectivity index (χ0v) is 25.0. The maximum atomic E-state index is 12.8. The van der Waals surface area contributed by atoms with Gasteiger partial charge in [-0.25, -0.2) is 4.79 Å². The van der Waals surface area contributed by atoms with Gasteiger partial charge < -0.3 is 82.1 Å². The Morgan fingerprint density at radius 1 is 0.809 bits per heavy atom. The maximum absolute atomic E-state index is 12.8. The Morgan fingerprint density at radius 3 is 2.00 bits per heavy atom. The standard InChI is InChI=1S/C25H41N5O17/c1-8(33)27-5-15(36)28-9(2-3-13(26)34)22(42)29-10(24(43)44)4-14(35)30-23-19(40)18(39)21(12(7-32)45-23)47-25-20(41)17(38)16(37)11(6-31)46-25/h9-12,16-21,23,25,31-32,37-41H,2-7H2,1H3,(H2,26,34)(H,27,33)(H,28,36)(H,29,42)(H,30,35)(H,43,44)/t9-,10-,11+,12+,16-,17-,18+,19+,20+,21+,23+,25-/m0/s1. The zero-order chi connectivity index (χ0) is 35.6.